The quantitative estimate of drug-likeness (QED) is 0.651. The Bertz CT molecular complexity index is 490. The molecule has 7 nitrogen and oxygen atoms in total. The third kappa shape index (κ3) is 2.12. The van der Waals surface area contributed by atoms with Gasteiger partial charge in [0.25, 0.3) is 5.91 Å². The first kappa shape index (κ1) is 12.3. The molecule has 7 heteroatoms. The van der Waals surface area contributed by atoms with Gasteiger partial charge in [-0.1, -0.05) is 0 Å². The van der Waals surface area contributed by atoms with E-state index in [4.69, 9.17) is 5.11 Å². The van der Waals surface area contributed by atoms with Crippen molar-refractivity contribution in [2.24, 2.45) is 0 Å². The second-order valence-corrected chi connectivity index (χ2v) is 4.09. The summed E-state index contributed by atoms with van der Waals surface area (Å²) < 4.78 is 0. The lowest BCUT2D eigenvalue weighted by atomic mass is 10.2. The molecule has 1 aliphatic rings. The van der Waals surface area contributed by atoms with Crippen LogP contribution in [0.2, 0.25) is 0 Å². The van der Waals surface area contributed by atoms with Crippen LogP contribution in [0.25, 0.3) is 0 Å². The fraction of sp³-hybridized carbons (Fsp3) is 0.364. The Kier molecular flexibility index (Phi) is 3.15. The molecule has 0 saturated carbocycles. The van der Waals surface area contributed by atoms with Gasteiger partial charge in [-0.15, -0.1) is 0 Å². The standard InChI is InChI=1S/C11H12N2O5/c14-6-3-8(11(17)18)13(5-6)10(16)7-1-2-12-4-9(7)15/h1-2,4,6,8,14-15H,3,5H2,(H,17,18). The Morgan fingerprint density at radius 2 is 2.17 bits per heavy atom. The summed E-state index contributed by atoms with van der Waals surface area (Å²) in [6.07, 6.45) is 1.57. The second-order valence-electron chi connectivity index (χ2n) is 4.09. The van der Waals surface area contributed by atoms with E-state index in [1.165, 1.54) is 12.3 Å². The number of carbonyl (C=O) groups is 2. The third-order valence-corrected chi connectivity index (χ3v) is 2.86. The minimum Gasteiger partial charge on any atom is -0.505 e. The van der Waals surface area contributed by atoms with Gasteiger partial charge in [-0.05, 0) is 6.07 Å². The van der Waals surface area contributed by atoms with Crippen LogP contribution < -0.4 is 0 Å². The van der Waals surface area contributed by atoms with Gasteiger partial charge in [-0.25, -0.2) is 4.79 Å². The van der Waals surface area contributed by atoms with E-state index < -0.39 is 24.0 Å². The minimum absolute atomic E-state index is 0.00702. The van der Waals surface area contributed by atoms with Crippen molar-refractivity contribution in [2.75, 3.05) is 6.54 Å². The molecule has 0 aliphatic carbocycles. The molecule has 3 N–H and O–H groups in total. The Hall–Kier alpha value is -2.15. The zero-order chi connectivity index (χ0) is 13.3. The highest BCUT2D eigenvalue weighted by molar-refractivity contribution is 5.99. The maximum Gasteiger partial charge on any atom is 0.326 e. The van der Waals surface area contributed by atoms with Gasteiger partial charge in [-0.3, -0.25) is 9.78 Å². The van der Waals surface area contributed by atoms with Gasteiger partial charge in [0.05, 0.1) is 17.9 Å². The number of carboxylic acids is 1. The summed E-state index contributed by atoms with van der Waals surface area (Å²) in [5, 5.41) is 28.0. The van der Waals surface area contributed by atoms with E-state index in [1.54, 1.807) is 0 Å². The molecule has 2 heterocycles. The summed E-state index contributed by atoms with van der Waals surface area (Å²) in [4.78, 5) is 27.8. The van der Waals surface area contributed by atoms with Crippen molar-refractivity contribution in [3.05, 3.63) is 24.0 Å². The van der Waals surface area contributed by atoms with Crippen LogP contribution in [0.5, 0.6) is 5.75 Å². The van der Waals surface area contributed by atoms with Gasteiger partial charge in [-0.2, -0.15) is 0 Å². The van der Waals surface area contributed by atoms with Crippen LogP contribution >= 0.6 is 0 Å². The number of aliphatic hydroxyl groups is 1. The van der Waals surface area contributed by atoms with Gasteiger partial charge < -0.3 is 20.2 Å². The van der Waals surface area contributed by atoms with E-state index in [9.17, 15) is 19.8 Å². The molecule has 1 aromatic rings. The predicted molar refractivity (Wildman–Crippen MR) is 59.0 cm³/mol. The molecule has 1 saturated heterocycles. The number of rotatable bonds is 2. The Morgan fingerprint density at radius 3 is 2.78 bits per heavy atom. The van der Waals surface area contributed by atoms with E-state index >= 15 is 0 Å². The van der Waals surface area contributed by atoms with Crippen LogP contribution in [0.3, 0.4) is 0 Å². The zero-order valence-electron chi connectivity index (χ0n) is 9.35. The number of aliphatic carboxylic acids is 1. The van der Waals surface area contributed by atoms with Crippen molar-refractivity contribution in [1.82, 2.24) is 9.88 Å². The number of hydrogen-bond donors (Lipinski definition) is 3. The lowest BCUT2D eigenvalue weighted by molar-refractivity contribution is -0.141. The Morgan fingerprint density at radius 1 is 1.44 bits per heavy atom. The normalized spacial score (nSPS) is 23.1. The van der Waals surface area contributed by atoms with E-state index in [2.05, 4.69) is 4.98 Å². The van der Waals surface area contributed by atoms with Crippen molar-refractivity contribution >= 4 is 11.9 Å². The average molecular weight is 252 g/mol. The molecule has 0 aromatic carbocycles. The summed E-state index contributed by atoms with van der Waals surface area (Å²) in [5.74, 6) is -2.11. The molecule has 2 unspecified atom stereocenters. The fourth-order valence-electron chi connectivity index (χ4n) is 1.99. The number of carboxylic acid groups (broad SMARTS) is 1. The van der Waals surface area contributed by atoms with Gasteiger partial charge in [0, 0.05) is 19.2 Å². The Labute approximate surface area is 102 Å². The largest absolute Gasteiger partial charge is 0.505 e. The summed E-state index contributed by atoms with van der Waals surface area (Å²) in [5.41, 5.74) is -0.0228. The Balaban J connectivity index is 2.28. The number of nitrogens with zero attached hydrogens (tertiary/aromatic N) is 2. The van der Waals surface area contributed by atoms with Gasteiger partial charge in [0.1, 0.15) is 11.8 Å². The lowest BCUT2D eigenvalue weighted by Crippen LogP contribution is -2.40. The number of β-amino-alcohol motifs (C(OH)–C–C–N with tert-alkyl or cyclic N) is 1. The number of aromatic hydroxyl groups is 1. The molecule has 1 aromatic heterocycles. The third-order valence-electron chi connectivity index (χ3n) is 2.86. The van der Waals surface area contributed by atoms with Crippen LogP contribution in [-0.2, 0) is 4.79 Å². The molecule has 1 amide bonds. The molecular formula is C11H12N2O5. The van der Waals surface area contributed by atoms with E-state index in [0.29, 0.717) is 0 Å². The monoisotopic (exact) mass is 252 g/mol. The van der Waals surface area contributed by atoms with Gasteiger partial charge in [0.15, 0.2) is 0 Å². The van der Waals surface area contributed by atoms with Crippen molar-refractivity contribution in [2.45, 2.75) is 18.6 Å². The average Bonchev–Trinajstić information content (AvgIpc) is 2.71. The molecule has 1 fully saturated rings. The smallest absolute Gasteiger partial charge is 0.326 e. The topological polar surface area (TPSA) is 111 Å². The summed E-state index contributed by atoms with van der Waals surface area (Å²) in [6, 6.07) is 0.237. The number of hydrogen-bond acceptors (Lipinski definition) is 5. The maximum atomic E-state index is 12.1. The van der Waals surface area contributed by atoms with Gasteiger partial charge in [0.2, 0.25) is 0 Å². The number of aromatic nitrogens is 1. The van der Waals surface area contributed by atoms with Crippen LogP contribution in [0.15, 0.2) is 18.5 Å². The zero-order valence-corrected chi connectivity index (χ0v) is 9.35. The fourth-order valence-corrected chi connectivity index (χ4v) is 1.99. The summed E-state index contributed by atoms with van der Waals surface area (Å²) >= 11 is 0. The molecule has 0 radical (unpaired) electrons. The van der Waals surface area contributed by atoms with Crippen LogP contribution in [0.1, 0.15) is 16.8 Å². The first-order chi connectivity index (χ1) is 8.50. The number of amides is 1. The second kappa shape index (κ2) is 4.61. The number of likely N-dealkylation sites (tertiary alicyclic amines) is 1. The molecule has 2 atom stereocenters. The van der Waals surface area contributed by atoms with Crippen molar-refractivity contribution in [3.63, 3.8) is 0 Å². The highest BCUT2D eigenvalue weighted by Gasteiger charge is 2.39. The molecule has 2 rings (SSSR count). The number of carbonyl (C=O) groups excluding carboxylic acids is 1. The van der Waals surface area contributed by atoms with Crippen molar-refractivity contribution in [1.29, 1.82) is 0 Å². The van der Waals surface area contributed by atoms with Crippen LogP contribution in [-0.4, -0.2) is 55.8 Å². The molecule has 0 bridgehead atoms. The molecule has 0 spiro atoms. The van der Waals surface area contributed by atoms with Crippen molar-refractivity contribution < 1.29 is 24.9 Å². The minimum atomic E-state index is -1.17. The summed E-state index contributed by atoms with van der Waals surface area (Å²) in [6.45, 7) is -0.0580. The molecular weight excluding hydrogens is 240 g/mol. The lowest BCUT2D eigenvalue weighted by Gasteiger charge is -2.21. The molecule has 18 heavy (non-hydrogen) atoms. The molecule has 96 valence electrons. The predicted octanol–water partition coefficient (Wildman–Crippen LogP) is -0.553. The van der Waals surface area contributed by atoms with Crippen LogP contribution in [0.4, 0.5) is 0 Å². The van der Waals surface area contributed by atoms with E-state index in [-0.39, 0.29) is 24.3 Å². The highest BCUT2D eigenvalue weighted by atomic mass is 16.4. The number of aliphatic hydroxyl groups excluding tert-OH is 1. The highest BCUT2D eigenvalue weighted by Crippen LogP contribution is 2.24. The first-order valence-electron chi connectivity index (χ1n) is 5.35. The first-order valence-corrected chi connectivity index (χ1v) is 5.35. The SMILES string of the molecule is O=C(O)C1CC(O)CN1C(=O)c1ccncc1O. The van der Waals surface area contributed by atoms with E-state index in [0.717, 1.165) is 11.1 Å². The molecule has 1 aliphatic heterocycles. The van der Waals surface area contributed by atoms with Gasteiger partial charge >= 0.3 is 5.97 Å². The maximum absolute atomic E-state index is 12.1. The van der Waals surface area contributed by atoms with Crippen molar-refractivity contribution in [3.8, 4) is 5.75 Å². The van der Waals surface area contributed by atoms with Crippen LogP contribution in [0, 0.1) is 0 Å². The van der Waals surface area contributed by atoms with E-state index in [1.807, 2.05) is 0 Å². The summed E-state index contributed by atoms with van der Waals surface area (Å²) in [7, 11) is 0. The number of pyridine rings is 1.